The molecule has 0 aliphatic heterocycles. The molecule has 81 heavy (non-hydrogen) atoms. The molecule has 0 saturated heterocycles. The fourth-order valence-electron chi connectivity index (χ4n) is 9.21. The molecule has 9 heteroatoms. The van der Waals surface area contributed by atoms with Crippen LogP contribution in [0.5, 0.6) is 0 Å². The van der Waals surface area contributed by atoms with Crippen LogP contribution in [0.2, 0.25) is 0 Å². The minimum atomic E-state index is -5.97. The minimum Gasteiger partial charge on any atom is -0.0882 e. The van der Waals surface area contributed by atoms with Crippen molar-refractivity contribution in [3.05, 3.63) is 97.2 Å². The van der Waals surface area contributed by atoms with E-state index in [0.29, 0.717) is 25.7 Å². The average Bonchev–Trinajstić information content (AvgIpc) is 3.45. The normalized spacial score (nSPS) is 12.4. The first-order chi connectivity index (χ1) is 39.8. The van der Waals surface area contributed by atoms with Crippen molar-refractivity contribution in [2.24, 2.45) is 0 Å². The first-order valence-corrected chi connectivity index (χ1v) is 38.6. The van der Waals surface area contributed by atoms with Crippen molar-refractivity contribution in [2.75, 3.05) is 0 Å². The van der Waals surface area contributed by atoms with Gasteiger partial charge in [-0.2, -0.15) is 0 Å². The van der Waals surface area contributed by atoms with Crippen LogP contribution in [0.1, 0.15) is 336 Å². The Kier molecular flexibility index (Phi) is 61.5. The zero-order valence-electron chi connectivity index (χ0n) is 52.9. The summed E-state index contributed by atoms with van der Waals surface area (Å²) < 4.78 is 23.8. The molecule has 0 saturated carbocycles. The average molecular weight is 1240 g/mol. The van der Waals surface area contributed by atoms with E-state index in [4.69, 9.17) is 12.3 Å². The summed E-state index contributed by atoms with van der Waals surface area (Å²) in [6.45, 7) is 8.92. The Hall–Kier alpha value is -3.40. The summed E-state index contributed by atoms with van der Waals surface area (Å²) in [6.07, 6.45) is 82.2. The summed E-state index contributed by atoms with van der Waals surface area (Å²) in [6, 6.07) is 0. The van der Waals surface area contributed by atoms with Crippen LogP contribution in [0.4, 0.5) is 0 Å². The van der Waals surface area contributed by atoms with Crippen molar-refractivity contribution in [1.29, 1.82) is 0 Å². The van der Waals surface area contributed by atoms with E-state index in [1.54, 1.807) is 0 Å². The smallest absolute Gasteiger partial charge is 0.0882 e. The zero-order valence-corrected chi connectivity index (χ0v) is 55.8. The maximum atomic E-state index is 13.7. The molecule has 0 N–H and O–H groups in total. The molecule has 8 nitrogen and oxygen atoms in total. The molecule has 0 aromatic carbocycles. The third-order valence-electron chi connectivity index (χ3n) is 14.3. The van der Waals surface area contributed by atoms with Crippen molar-refractivity contribution in [1.82, 2.24) is 0 Å². The maximum absolute atomic E-state index is 13.7. The van der Waals surface area contributed by atoms with Gasteiger partial charge in [-0.05, 0) is 51.4 Å². The summed E-state index contributed by atoms with van der Waals surface area (Å²) in [7, 11) is 0. The molecular formula is C72H124O8Sn. The van der Waals surface area contributed by atoms with Crippen LogP contribution in [-0.4, -0.2) is 43.9 Å². The van der Waals surface area contributed by atoms with Crippen LogP contribution in [-0.2, 0) is 31.5 Å². The van der Waals surface area contributed by atoms with Gasteiger partial charge in [-0.1, -0.05) is 128 Å². The van der Waals surface area contributed by atoms with Gasteiger partial charge in [0.05, 0.1) is 0 Å². The first kappa shape index (κ1) is 77.6. The van der Waals surface area contributed by atoms with Gasteiger partial charge in [0.15, 0.2) is 0 Å². The predicted molar refractivity (Wildman–Crippen MR) is 348 cm³/mol. The number of rotatable bonds is 60. The summed E-state index contributed by atoms with van der Waals surface area (Å²) in [5.74, 6) is -2.63. The molecule has 0 rings (SSSR count). The number of hydrogen-bond acceptors (Lipinski definition) is 8. The van der Waals surface area contributed by atoms with Crippen molar-refractivity contribution >= 4 is 43.9 Å². The first-order valence-electron chi connectivity index (χ1n) is 33.9. The second kappa shape index (κ2) is 64.2. The van der Waals surface area contributed by atoms with Gasteiger partial charge >= 0.3 is 329 Å². The number of unbranched alkanes of at least 4 members (excludes halogenated alkanes) is 32. The summed E-state index contributed by atoms with van der Waals surface area (Å²) in [4.78, 5) is 54.7. The standard InChI is InChI=1S/4C18H32O2.Sn/c4*1-2-3-4-5-6-7-8-9-10-11-12-13-14-15-16-17-18(19)20;/h4*6-7,9-10H,2-5,8,11-17H2,1H3,(H,19,20);/q;;;;+4/p-4/b4*7-6-,10-9-;. The molecule has 0 aliphatic carbocycles. The Morgan fingerprint density at radius 3 is 0.568 bits per heavy atom. The molecule has 0 bridgehead atoms. The zero-order chi connectivity index (χ0) is 58.9. The summed E-state index contributed by atoms with van der Waals surface area (Å²) in [5, 5.41) is 0. The number of carbonyl (C=O) groups is 4. The predicted octanol–water partition coefficient (Wildman–Crippen LogP) is 22.8. The second-order valence-corrected chi connectivity index (χ2v) is 27.5. The van der Waals surface area contributed by atoms with Crippen molar-refractivity contribution in [2.45, 2.75) is 336 Å². The molecule has 0 atom stereocenters. The topological polar surface area (TPSA) is 105 Å². The van der Waals surface area contributed by atoms with E-state index in [1.807, 2.05) is 0 Å². The SMILES string of the molecule is CCCCC/C=C\C/C=C\CCCCCCCC(=O)[O][Sn]([O]C(=O)CCCCCCC/C=C\C/C=C\CCCCC)([O]C(=O)CCCCCCC/C=C\C/C=C\CCCCC)[O]C(=O)CCCCCCC/C=C\C/C=C\CCCCC. The number of carbonyl (C=O) groups excluding carboxylic acids is 4. The van der Waals surface area contributed by atoms with E-state index in [-0.39, 0.29) is 25.7 Å². The Labute approximate surface area is 505 Å². The molecule has 0 radical (unpaired) electrons. The van der Waals surface area contributed by atoms with E-state index in [9.17, 15) is 19.2 Å². The molecule has 0 heterocycles. The van der Waals surface area contributed by atoms with Crippen LogP contribution in [0, 0.1) is 0 Å². The molecule has 0 aromatic heterocycles. The molecule has 0 amide bonds. The Balaban J connectivity index is 5.65. The molecular weight excluding hydrogens is 1110 g/mol. The molecule has 0 spiro atoms. The van der Waals surface area contributed by atoms with Crippen LogP contribution < -0.4 is 0 Å². The van der Waals surface area contributed by atoms with Crippen LogP contribution in [0.25, 0.3) is 0 Å². The van der Waals surface area contributed by atoms with E-state index >= 15 is 0 Å². The van der Waals surface area contributed by atoms with Crippen LogP contribution in [0.15, 0.2) is 97.2 Å². The van der Waals surface area contributed by atoms with Crippen LogP contribution in [0.3, 0.4) is 0 Å². The van der Waals surface area contributed by atoms with E-state index in [0.717, 1.165) is 180 Å². The third kappa shape index (κ3) is 59.6. The molecule has 0 aliphatic rings. The number of hydrogen-bond donors (Lipinski definition) is 0. The quantitative estimate of drug-likeness (QED) is 0.0337. The fraction of sp³-hybridized carbons (Fsp3) is 0.722. The molecule has 0 aromatic rings. The summed E-state index contributed by atoms with van der Waals surface area (Å²) in [5.41, 5.74) is 0. The molecule has 0 fully saturated rings. The molecule has 464 valence electrons. The second-order valence-electron chi connectivity index (χ2n) is 22.3. The van der Waals surface area contributed by atoms with Gasteiger partial charge in [-0.25, -0.2) is 0 Å². The van der Waals surface area contributed by atoms with Gasteiger partial charge in [0.2, 0.25) is 0 Å². The summed E-state index contributed by atoms with van der Waals surface area (Å²) >= 11 is -5.97. The minimum absolute atomic E-state index is 0.0522. The van der Waals surface area contributed by atoms with E-state index in [2.05, 4.69) is 125 Å². The van der Waals surface area contributed by atoms with Gasteiger partial charge in [0.25, 0.3) is 0 Å². The van der Waals surface area contributed by atoms with Gasteiger partial charge in [-0.3, -0.25) is 0 Å². The van der Waals surface area contributed by atoms with Gasteiger partial charge < -0.3 is 0 Å². The van der Waals surface area contributed by atoms with Gasteiger partial charge in [-0.15, -0.1) is 0 Å². The Morgan fingerprint density at radius 2 is 0.383 bits per heavy atom. The van der Waals surface area contributed by atoms with Crippen LogP contribution >= 0.6 is 0 Å². The third-order valence-corrected chi connectivity index (χ3v) is 19.7. The van der Waals surface area contributed by atoms with E-state index < -0.39 is 43.9 Å². The monoisotopic (exact) mass is 1240 g/mol. The fourth-order valence-corrected chi connectivity index (χ4v) is 14.3. The van der Waals surface area contributed by atoms with E-state index in [1.165, 1.54) is 77.0 Å². The Morgan fingerprint density at radius 1 is 0.222 bits per heavy atom. The molecule has 0 unspecified atom stereocenters. The van der Waals surface area contributed by atoms with Gasteiger partial charge in [0, 0.05) is 0 Å². The van der Waals surface area contributed by atoms with Crippen molar-refractivity contribution in [3.63, 3.8) is 0 Å². The number of allylic oxidation sites excluding steroid dienone is 16. The Bertz CT molecular complexity index is 1440. The van der Waals surface area contributed by atoms with Crippen molar-refractivity contribution < 1.29 is 31.5 Å². The van der Waals surface area contributed by atoms with Gasteiger partial charge in [0.1, 0.15) is 0 Å². The van der Waals surface area contributed by atoms with Crippen molar-refractivity contribution in [3.8, 4) is 0 Å².